The summed E-state index contributed by atoms with van der Waals surface area (Å²) in [5.74, 6) is 3.09. The van der Waals surface area contributed by atoms with Gasteiger partial charge in [-0.05, 0) is 186 Å². The number of ether oxygens (including phenoxy) is 1. The number of hydrogen-bond acceptors (Lipinski definition) is 2. The van der Waals surface area contributed by atoms with E-state index in [1.165, 1.54) is 175 Å². The standard InChI is InChI=1S/C88H71NO/c1-85-51-23-22-40-84(85)88(75-37-19-18-36-74(75)85)73-35-17-15-33-67(73)71-49-44-64(55-80(71)88)89(63-43-48-70-66-32-14-16-34-72(66)86(79(70)54-63,61-28-10-4-11-29-61)62-30-12-5-13-31-62)65-45-50-83-81(56-65)87(76-38-20-21-39-82(76)90-83)77-52-59(57-24-6-2-7-25-57)41-46-68(77)69-47-42-60(53-78(69)87)58-26-8-3-9-27-58/h4-5,10-23,28-58,84H,2-3,6-9,24-27H2,1H3. The van der Waals surface area contributed by atoms with E-state index >= 15 is 0 Å². The third kappa shape index (κ3) is 7.00. The lowest BCUT2D eigenvalue weighted by Gasteiger charge is -2.41. The number of nitrogens with zero attached hydrogens (tertiary/aromatic N) is 1. The van der Waals surface area contributed by atoms with Gasteiger partial charge in [0.25, 0.3) is 0 Å². The normalized spacial score (nSPS) is 21.2. The summed E-state index contributed by atoms with van der Waals surface area (Å²) in [5.41, 5.74) is 28.1. The van der Waals surface area contributed by atoms with Crippen LogP contribution in [0.4, 0.5) is 17.1 Å². The molecule has 2 fully saturated rings. The molecule has 2 heteroatoms. The highest BCUT2D eigenvalue weighted by molar-refractivity contribution is 5.94. The van der Waals surface area contributed by atoms with E-state index in [1.54, 1.807) is 0 Å². The van der Waals surface area contributed by atoms with Gasteiger partial charge in [0, 0.05) is 39.5 Å². The van der Waals surface area contributed by atoms with Gasteiger partial charge in [-0.25, -0.2) is 0 Å². The van der Waals surface area contributed by atoms with Crippen LogP contribution in [-0.4, -0.2) is 0 Å². The van der Waals surface area contributed by atoms with Crippen molar-refractivity contribution in [1.82, 2.24) is 0 Å². The topological polar surface area (TPSA) is 12.5 Å². The minimum atomic E-state index is -0.663. The molecule has 0 bridgehead atoms. The number of rotatable bonds is 7. The highest BCUT2D eigenvalue weighted by atomic mass is 16.5. The summed E-state index contributed by atoms with van der Waals surface area (Å²) in [5, 5.41) is 0. The fraction of sp³-hybridized carbons (Fsp3) is 0.205. The zero-order valence-electron chi connectivity index (χ0n) is 51.1. The fourth-order valence-corrected chi connectivity index (χ4v) is 19.6. The number of allylic oxidation sites excluding steroid dienone is 4. The van der Waals surface area contributed by atoms with Gasteiger partial charge in [-0.1, -0.05) is 270 Å². The van der Waals surface area contributed by atoms with Gasteiger partial charge in [0.15, 0.2) is 0 Å². The Morgan fingerprint density at radius 1 is 0.333 bits per heavy atom. The van der Waals surface area contributed by atoms with Crippen molar-refractivity contribution in [1.29, 1.82) is 0 Å². The molecule has 0 saturated heterocycles. The summed E-state index contributed by atoms with van der Waals surface area (Å²) in [6, 6.07) is 97.1. The maximum Gasteiger partial charge on any atom is 0.132 e. The van der Waals surface area contributed by atoms with Gasteiger partial charge >= 0.3 is 0 Å². The molecule has 11 aromatic carbocycles. The largest absolute Gasteiger partial charge is 0.457 e. The molecule has 434 valence electrons. The molecule has 7 aliphatic carbocycles. The third-order valence-corrected chi connectivity index (χ3v) is 23.4. The van der Waals surface area contributed by atoms with Crippen LogP contribution in [0.25, 0.3) is 33.4 Å². The minimum Gasteiger partial charge on any atom is -0.457 e. The van der Waals surface area contributed by atoms with Gasteiger partial charge in [-0.2, -0.15) is 0 Å². The van der Waals surface area contributed by atoms with E-state index in [0.29, 0.717) is 11.8 Å². The van der Waals surface area contributed by atoms with E-state index in [4.69, 9.17) is 4.74 Å². The van der Waals surface area contributed by atoms with E-state index in [0.717, 1.165) is 28.6 Å². The molecule has 0 amide bonds. The Hall–Kier alpha value is -9.50. The van der Waals surface area contributed by atoms with Crippen LogP contribution in [-0.2, 0) is 21.7 Å². The zero-order valence-corrected chi connectivity index (χ0v) is 51.1. The monoisotopic (exact) mass is 1160 g/mol. The molecular weight excluding hydrogens is 1090 g/mol. The van der Waals surface area contributed by atoms with E-state index in [2.05, 4.69) is 285 Å². The number of fused-ring (bicyclic) bond motifs is 22. The van der Waals surface area contributed by atoms with Crippen LogP contribution in [0.2, 0.25) is 0 Å². The predicted molar refractivity (Wildman–Crippen MR) is 368 cm³/mol. The highest BCUT2D eigenvalue weighted by Crippen LogP contribution is 2.69. The van der Waals surface area contributed by atoms with E-state index in [1.807, 2.05) is 0 Å². The van der Waals surface area contributed by atoms with Crippen LogP contribution in [0.1, 0.15) is 161 Å². The molecule has 8 aliphatic rings. The Balaban J connectivity index is 0.900. The van der Waals surface area contributed by atoms with Gasteiger partial charge in [-0.15, -0.1) is 0 Å². The minimum absolute atomic E-state index is 0.148. The first kappa shape index (κ1) is 52.4. The fourth-order valence-electron chi connectivity index (χ4n) is 19.6. The summed E-state index contributed by atoms with van der Waals surface area (Å²) in [6.07, 6.45) is 22.4. The molecule has 19 rings (SSSR count). The van der Waals surface area contributed by atoms with Crippen molar-refractivity contribution >= 4 is 17.1 Å². The maximum absolute atomic E-state index is 7.38. The van der Waals surface area contributed by atoms with E-state index in [-0.39, 0.29) is 11.3 Å². The van der Waals surface area contributed by atoms with Gasteiger partial charge in [0.1, 0.15) is 11.5 Å². The van der Waals surface area contributed by atoms with Crippen molar-refractivity contribution < 1.29 is 4.74 Å². The molecule has 1 heterocycles. The van der Waals surface area contributed by atoms with Crippen LogP contribution in [0, 0.1) is 5.92 Å². The van der Waals surface area contributed by atoms with Crippen molar-refractivity contribution in [2.45, 2.75) is 105 Å². The summed E-state index contributed by atoms with van der Waals surface area (Å²) in [4.78, 5) is 2.62. The first-order chi connectivity index (χ1) is 44.5. The van der Waals surface area contributed by atoms with Crippen molar-refractivity contribution in [2.75, 3.05) is 4.90 Å². The lowest BCUT2D eigenvalue weighted by molar-refractivity contribution is 0.372. The second kappa shape index (κ2) is 19.7. The second-order valence-electron chi connectivity index (χ2n) is 27.5. The van der Waals surface area contributed by atoms with Gasteiger partial charge in [0.05, 0.1) is 16.2 Å². The lowest BCUT2D eigenvalue weighted by Crippen LogP contribution is -2.38. The maximum atomic E-state index is 7.38. The van der Waals surface area contributed by atoms with Crippen molar-refractivity contribution in [3.8, 4) is 44.9 Å². The predicted octanol–water partition coefficient (Wildman–Crippen LogP) is 22.4. The molecule has 11 aromatic rings. The lowest BCUT2D eigenvalue weighted by atomic mass is 9.61. The number of benzene rings is 11. The first-order valence-electron chi connectivity index (χ1n) is 33.6. The highest BCUT2D eigenvalue weighted by Gasteiger charge is 2.62. The smallest absolute Gasteiger partial charge is 0.132 e. The number of hydrogen-bond donors (Lipinski definition) is 0. The summed E-state index contributed by atoms with van der Waals surface area (Å²) in [6.45, 7) is 2.48. The Labute approximate surface area is 529 Å². The third-order valence-electron chi connectivity index (χ3n) is 23.4. The Morgan fingerprint density at radius 3 is 1.40 bits per heavy atom. The van der Waals surface area contributed by atoms with Gasteiger partial charge in [0.2, 0.25) is 0 Å². The number of para-hydroxylation sites is 1. The van der Waals surface area contributed by atoms with Crippen LogP contribution in [0.3, 0.4) is 0 Å². The Morgan fingerprint density at radius 2 is 0.778 bits per heavy atom. The van der Waals surface area contributed by atoms with E-state index < -0.39 is 16.2 Å². The molecule has 3 unspecified atom stereocenters. The Kier molecular flexibility index (Phi) is 11.5. The van der Waals surface area contributed by atoms with Gasteiger partial charge < -0.3 is 9.64 Å². The molecule has 2 spiro atoms. The molecule has 90 heavy (non-hydrogen) atoms. The van der Waals surface area contributed by atoms with Crippen LogP contribution < -0.4 is 9.64 Å². The molecule has 2 saturated carbocycles. The van der Waals surface area contributed by atoms with Crippen molar-refractivity contribution in [3.63, 3.8) is 0 Å². The molecule has 0 aromatic heterocycles. The molecule has 0 radical (unpaired) electrons. The van der Waals surface area contributed by atoms with Gasteiger partial charge in [-0.3, -0.25) is 0 Å². The molecular formula is C88H71NO. The molecule has 3 atom stereocenters. The summed E-state index contributed by atoms with van der Waals surface area (Å²) < 4.78 is 7.38. The average Bonchev–Trinajstić information content (AvgIpc) is 1.55. The van der Waals surface area contributed by atoms with E-state index in [9.17, 15) is 0 Å². The summed E-state index contributed by atoms with van der Waals surface area (Å²) in [7, 11) is 0. The van der Waals surface area contributed by atoms with Crippen molar-refractivity contribution in [2.24, 2.45) is 5.92 Å². The number of anilines is 3. The molecule has 2 nitrogen and oxygen atoms in total. The quantitative estimate of drug-likeness (QED) is 0.158. The Bertz CT molecular complexity index is 4710. The molecule has 0 N–H and O–H groups in total. The summed E-state index contributed by atoms with van der Waals surface area (Å²) >= 11 is 0. The molecule has 1 aliphatic heterocycles. The second-order valence-corrected chi connectivity index (χ2v) is 27.5. The average molecular weight is 1160 g/mol. The zero-order chi connectivity index (χ0) is 59.3. The first-order valence-corrected chi connectivity index (χ1v) is 33.6. The SMILES string of the molecule is CC12C=CC=CC1C1(c3ccccc3-c3ccc(N(c4ccc5c(c4)C4(c6ccccc6O5)c5cc(C6CCCCC6)ccc5-c5ccc(C6CCCCC6)cc54)c4ccc5c(c4)C(c4ccccc4)(c4ccccc4)c4ccccc4-5)cc31)c1ccccc12. The van der Waals surface area contributed by atoms with Crippen molar-refractivity contribution in [3.05, 3.63) is 351 Å². The van der Waals surface area contributed by atoms with Crippen LogP contribution >= 0.6 is 0 Å². The van der Waals surface area contributed by atoms with Crippen LogP contribution in [0.5, 0.6) is 11.5 Å². The van der Waals surface area contributed by atoms with Crippen LogP contribution in [0.15, 0.2) is 273 Å².